The van der Waals surface area contributed by atoms with Crippen molar-refractivity contribution in [3.8, 4) is 11.5 Å². The third-order valence-electron chi connectivity index (χ3n) is 6.61. The van der Waals surface area contributed by atoms with E-state index in [1.807, 2.05) is 0 Å². The molecule has 3 rings (SSSR count). The Balaban J connectivity index is 2.23. The van der Waals surface area contributed by atoms with Gasteiger partial charge in [0, 0.05) is 66.7 Å². The molecule has 3 aromatic rings. The average Bonchev–Trinajstić information content (AvgIpc) is 2.89. The van der Waals surface area contributed by atoms with Crippen molar-refractivity contribution in [1.82, 2.24) is 0 Å². The zero-order valence-electron chi connectivity index (χ0n) is 22.4. The Labute approximate surface area is 212 Å². The lowest BCUT2D eigenvalue weighted by atomic mass is 9.83. The molecule has 0 saturated heterocycles. The normalized spacial score (nSPS) is 10.9. The van der Waals surface area contributed by atoms with Crippen molar-refractivity contribution in [3.63, 3.8) is 0 Å². The minimum absolute atomic E-state index is 0.00388. The molecule has 0 heterocycles. The fraction of sp³-hybridized carbons (Fsp3) is 0.419. The monoisotopic (exact) mass is 474 g/mol. The highest BCUT2D eigenvalue weighted by atomic mass is 16.5. The van der Waals surface area contributed by atoms with E-state index < -0.39 is 0 Å². The van der Waals surface area contributed by atoms with Gasteiger partial charge >= 0.3 is 0 Å². The van der Waals surface area contributed by atoms with Crippen LogP contribution >= 0.6 is 0 Å². The Bertz CT molecular complexity index is 978. The largest absolute Gasteiger partial charge is 0.493 e. The van der Waals surface area contributed by atoms with Crippen LogP contribution in [0.25, 0.3) is 0 Å². The quantitative estimate of drug-likeness (QED) is 0.242. The highest BCUT2D eigenvalue weighted by Gasteiger charge is 2.25. The van der Waals surface area contributed by atoms with E-state index in [0.717, 1.165) is 48.8 Å². The van der Waals surface area contributed by atoms with E-state index in [-0.39, 0.29) is 5.92 Å². The van der Waals surface area contributed by atoms with Gasteiger partial charge in [0.15, 0.2) is 0 Å². The molecule has 0 amide bonds. The van der Waals surface area contributed by atoms with Gasteiger partial charge in [-0.05, 0) is 59.2 Å². The smallest absolute Gasteiger partial charge is 0.125 e. The summed E-state index contributed by atoms with van der Waals surface area (Å²) in [5, 5.41) is 0. The summed E-state index contributed by atoms with van der Waals surface area (Å²) in [6, 6.07) is 24.0. The fourth-order valence-corrected chi connectivity index (χ4v) is 4.83. The number of anilines is 2. The molecule has 0 atom stereocenters. The number of hydrogen-bond acceptors (Lipinski definition) is 4. The number of rotatable bonds is 13. The molecule has 4 nitrogen and oxygen atoms in total. The van der Waals surface area contributed by atoms with E-state index in [2.05, 4.69) is 118 Å². The lowest BCUT2D eigenvalue weighted by molar-refractivity contribution is 0.331. The third-order valence-corrected chi connectivity index (χ3v) is 6.61. The van der Waals surface area contributed by atoms with Crippen molar-refractivity contribution in [2.24, 2.45) is 0 Å². The Morgan fingerprint density at radius 1 is 0.571 bits per heavy atom. The second kappa shape index (κ2) is 13.1. The molecule has 35 heavy (non-hydrogen) atoms. The first-order chi connectivity index (χ1) is 17.1. The van der Waals surface area contributed by atoms with Gasteiger partial charge < -0.3 is 19.3 Å². The summed E-state index contributed by atoms with van der Waals surface area (Å²) in [6.45, 7) is 18.0. The minimum Gasteiger partial charge on any atom is -0.493 e. The van der Waals surface area contributed by atoms with Gasteiger partial charge in [-0.1, -0.05) is 42.5 Å². The van der Waals surface area contributed by atoms with Crippen molar-refractivity contribution in [2.45, 2.75) is 47.5 Å². The molecule has 0 saturated carbocycles. The molecule has 0 aliphatic rings. The molecule has 0 spiro atoms. The summed E-state index contributed by atoms with van der Waals surface area (Å²) in [5.74, 6) is 1.86. The molecule has 4 heteroatoms. The second-order valence-electron chi connectivity index (χ2n) is 8.50. The summed E-state index contributed by atoms with van der Waals surface area (Å²) >= 11 is 0. The van der Waals surface area contributed by atoms with Gasteiger partial charge in [0.05, 0.1) is 13.2 Å². The predicted molar refractivity (Wildman–Crippen MR) is 150 cm³/mol. The van der Waals surface area contributed by atoms with Crippen LogP contribution in [0, 0.1) is 0 Å². The molecular formula is C31H42N2O2. The highest BCUT2D eigenvalue weighted by Crippen LogP contribution is 2.43. The standard InChI is InChI=1S/C31H42N2O2/c1-7-32(8-2)25-18-20-27(29(22-25)34-11-5)31(24-16-14-13-15-17-24)28-21-19-26(33(9-3)10-4)23-30(28)35-12-6/h13-23,31H,7-12H2,1-6H3. The van der Waals surface area contributed by atoms with E-state index in [1.54, 1.807) is 0 Å². The summed E-state index contributed by atoms with van der Waals surface area (Å²) in [7, 11) is 0. The lowest BCUT2D eigenvalue weighted by Gasteiger charge is -2.28. The zero-order valence-corrected chi connectivity index (χ0v) is 22.4. The maximum atomic E-state index is 6.26. The maximum Gasteiger partial charge on any atom is 0.125 e. The number of ether oxygens (including phenoxy) is 2. The molecular weight excluding hydrogens is 432 g/mol. The Morgan fingerprint density at radius 2 is 1.00 bits per heavy atom. The lowest BCUT2D eigenvalue weighted by Crippen LogP contribution is -2.22. The van der Waals surface area contributed by atoms with Crippen LogP contribution in [-0.4, -0.2) is 39.4 Å². The molecule has 0 aliphatic carbocycles. The molecule has 0 radical (unpaired) electrons. The highest BCUT2D eigenvalue weighted by molar-refractivity contribution is 5.62. The van der Waals surface area contributed by atoms with Gasteiger partial charge in [-0.15, -0.1) is 0 Å². The van der Waals surface area contributed by atoms with E-state index in [9.17, 15) is 0 Å². The minimum atomic E-state index is -0.00388. The van der Waals surface area contributed by atoms with Crippen molar-refractivity contribution in [3.05, 3.63) is 83.4 Å². The van der Waals surface area contributed by atoms with Crippen LogP contribution in [0.3, 0.4) is 0 Å². The average molecular weight is 475 g/mol. The summed E-state index contributed by atoms with van der Waals surface area (Å²) < 4.78 is 12.5. The van der Waals surface area contributed by atoms with Crippen LogP contribution in [0.5, 0.6) is 11.5 Å². The van der Waals surface area contributed by atoms with Crippen molar-refractivity contribution >= 4 is 11.4 Å². The van der Waals surface area contributed by atoms with Crippen LogP contribution in [0.1, 0.15) is 64.2 Å². The predicted octanol–water partition coefficient (Wildman–Crippen LogP) is 7.36. The van der Waals surface area contributed by atoms with Crippen molar-refractivity contribution in [1.29, 1.82) is 0 Å². The maximum absolute atomic E-state index is 6.26. The number of benzene rings is 3. The van der Waals surface area contributed by atoms with Crippen LogP contribution in [-0.2, 0) is 0 Å². The first-order valence-corrected chi connectivity index (χ1v) is 13.2. The molecule has 0 fully saturated rings. The molecule has 0 bridgehead atoms. The van der Waals surface area contributed by atoms with Gasteiger partial charge in [-0.25, -0.2) is 0 Å². The first-order valence-electron chi connectivity index (χ1n) is 13.2. The topological polar surface area (TPSA) is 24.9 Å². The summed E-state index contributed by atoms with van der Waals surface area (Å²) in [5.41, 5.74) is 5.92. The molecule has 188 valence electrons. The van der Waals surface area contributed by atoms with E-state index in [0.29, 0.717) is 13.2 Å². The molecule has 0 aliphatic heterocycles. The summed E-state index contributed by atoms with van der Waals surface area (Å²) in [4.78, 5) is 4.71. The number of hydrogen-bond donors (Lipinski definition) is 0. The fourth-order valence-electron chi connectivity index (χ4n) is 4.83. The second-order valence-corrected chi connectivity index (χ2v) is 8.50. The Morgan fingerprint density at radius 3 is 1.37 bits per heavy atom. The SMILES string of the molecule is CCOc1cc(N(CC)CC)ccc1C(c1ccccc1)c1ccc(N(CC)CC)cc1OCC. The molecule has 3 aromatic carbocycles. The Kier molecular flexibility index (Phi) is 9.89. The molecule has 0 N–H and O–H groups in total. The van der Waals surface area contributed by atoms with Crippen molar-refractivity contribution < 1.29 is 9.47 Å². The number of nitrogens with zero attached hydrogens (tertiary/aromatic N) is 2. The van der Waals surface area contributed by atoms with E-state index in [1.165, 1.54) is 16.9 Å². The van der Waals surface area contributed by atoms with Crippen LogP contribution in [0.15, 0.2) is 66.7 Å². The zero-order chi connectivity index (χ0) is 25.2. The molecule has 0 unspecified atom stereocenters. The molecule has 0 aromatic heterocycles. The first kappa shape index (κ1) is 26.5. The third kappa shape index (κ3) is 6.11. The van der Waals surface area contributed by atoms with Gasteiger partial charge in [-0.2, -0.15) is 0 Å². The Hall–Kier alpha value is -3.14. The van der Waals surface area contributed by atoms with Crippen molar-refractivity contribution in [2.75, 3.05) is 49.2 Å². The van der Waals surface area contributed by atoms with Gasteiger partial charge in [-0.3, -0.25) is 0 Å². The van der Waals surface area contributed by atoms with Gasteiger partial charge in [0.25, 0.3) is 0 Å². The van der Waals surface area contributed by atoms with Crippen LogP contribution in [0.2, 0.25) is 0 Å². The van der Waals surface area contributed by atoms with Gasteiger partial charge in [0.2, 0.25) is 0 Å². The van der Waals surface area contributed by atoms with Crippen LogP contribution in [0.4, 0.5) is 11.4 Å². The summed E-state index contributed by atoms with van der Waals surface area (Å²) in [6.07, 6.45) is 0. The van der Waals surface area contributed by atoms with E-state index >= 15 is 0 Å². The van der Waals surface area contributed by atoms with Gasteiger partial charge in [0.1, 0.15) is 11.5 Å². The van der Waals surface area contributed by atoms with E-state index in [4.69, 9.17) is 9.47 Å². The van der Waals surface area contributed by atoms with Crippen LogP contribution < -0.4 is 19.3 Å².